The number of rotatable bonds is 4. The van der Waals surface area contributed by atoms with Gasteiger partial charge in [0, 0.05) is 5.69 Å². The standard InChI is InChI=1S/C16H17FN4/c1-4-13-14(17)15(20-10-19-13)21-12-7-5-11(6-8-12)16(2,3)9-18/h5-8,10H,4H2,1-3H3,(H,19,20,21). The molecular weight excluding hydrogens is 267 g/mol. The average molecular weight is 284 g/mol. The quantitative estimate of drug-likeness (QED) is 0.929. The van der Waals surface area contributed by atoms with Gasteiger partial charge in [-0.15, -0.1) is 0 Å². The van der Waals surface area contributed by atoms with Crippen LogP contribution in [-0.2, 0) is 11.8 Å². The number of aromatic nitrogens is 2. The molecule has 1 heterocycles. The summed E-state index contributed by atoms with van der Waals surface area (Å²) in [7, 11) is 0. The van der Waals surface area contributed by atoms with Crippen molar-refractivity contribution in [3.05, 3.63) is 47.7 Å². The SMILES string of the molecule is CCc1ncnc(Nc2ccc(C(C)(C)C#N)cc2)c1F. The second kappa shape index (κ2) is 5.88. The summed E-state index contributed by atoms with van der Waals surface area (Å²) in [6.45, 7) is 5.55. The number of nitrogens with one attached hydrogen (secondary N) is 1. The highest BCUT2D eigenvalue weighted by Crippen LogP contribution is 2.25. The molecule has 0 saturated heterocycles. The van der Waals surface area contributed by atoms with Crippen LogP contribution in [0.1, 0.15) is 32.0 Å². The first-order chi connectivity index (χ1) is 9.97. The second-order valence-electron chi connectivity index (χ2n) is 5.28. The molecule has 0 aliphatic rings. The van der Waals surface area contributed by atoms with Gasteiger partial charge in [0.15, 0.2) is 11.6 Å². The van der Waals surface area contributed by atoms with Crippen LogP contribution in [-0.4, -0.2) is 9.97 Å². The monoisotopic (exact) mass is 284 g/mol. The third-order valence-corrected chi connectivity index (χ3v) is 3.35. The predicted molar refractivity (Wildman–Crippen MR) is 79.7 cm³/mol. The molecule has 0 radical (unpaired) electrons. The number of halogens is 1. The van der Waals surface area contributed by atoms with Crippen molar-refractivity contribution in [3.8, 4) is 6.07 Å². The Morgan fingerprint density at radius 2 is 1.90 bits per heavy atom. The molecule has 1 aromatic carbocycles. The molecule has 0 atom stereocenters. The van der Waals surface area contributed by atoms with Crippen molar-refractivity contribution < 1.29 is 4.39 Å². The van der Waals surface area contributed by atoms with E-state index in [0.29, 0.717) is 17.8 Å². The van der Waals surface area contributed by atoms with Crippen molar-refractivity contribution >= 4 is 11.5 Å². The van der Waals surface area contributed by atoms with Gasteiger partial charge in [0.25, 0.3) is 0 Å². The van der Waals surface area contributed by atoms with Gasteiger partial charge in [-0.25, -0.2) is 14.4 Å². The number of anilines is 2. The van der Waals surface area contributed by atoms with Crippen LogP contribution >= 0.6 is 0 Å². The van der Waals surface area contributed by atoms with Crippen LogP contribution in [0.3, 0.4) is 0 Å². The van der Waals surface area contributed by atoms with Crippen molar-refractivity contribution in [2.75, 3.05) is 5.32 Å². The van der Waals surface area contributed by atoms with Crippen LogP contribution in [0.15, 0.2) is 30.6 Å². The Balaban J connectivity index is 2.24. The molecule has 2 rings (SSSR count). The fraction of sp³-hybridized carbons (Fsp3) is 0.312. The van der Waals surface area contributed by atoms with E-state index in [1.807, 2.05) is 45.0 Å². The van der Waals surface area contributed by atoms with Crippen LogP contribution in [0.5, 0.6) is 0 Å². The lowest BCUT2D eigenvalue weighted by Gasteiger charge is -2.16. The lowest BCUT2D eigenvalue weighted by Crippen LogP contribution is -2.13. The Morgan fingerprint density at radius 1 is 1.24 bits per heavy atom. The fourth-order valence-corrected chi connectivity index (χ4v) is 1.91. The van der Waals surface area contributed by atoms with Crippen molar-refractivity contribution in [3.63, 3.8) is 0 Å². The predicted octanol–water partition coefficient (Wildman–Crippen LogP) is 3.72. The minimum atomic E-state index is -0.548. The summed E-state index contributed by atoms with van der Waals surface area (Å²) in [6.07, 6.45) is 1.86. The Hall–Kier alpha value is -2.48. The zero-order valence-electron chi connectivity index (χ0n) is 12.3. The van der Waals surface area contributed by atoms with Crippen LogP contribution in [0, 0.1) is 17.1 Å². The topological polar surface area (TPSA) is 61.6 Å². The molecule has 108 valence electrons. The highest BCUT2D eigenvalue weighted by molar-refractivity contribution is 5.57. The van der Waals surface area contributed by atoms with E-state index in [-0.39, 0.29) is 5.82 Å². The maximum atomic E-state index is 14.1. The number of hydrogen-bond acceptors (Lipinski definition) is 4. The Kier molecular flexibility index (Phi) is 4.18. The highest BCUT2D eigenvalue weighted by atomic mass is 19.1. The third kappa shape index (κ3) is 3.16. The first-order valence-electron chi connectivity index (χ1n) is 6.76. The molecule has 21 heavy (non-hydrogen) atoms. The summed E-state index contributed by atoms with van der Waals surface area (Å²) in [5.41, 5.74) is 1.46. The summed E-state index contributed by atoms with van der Waals surface area (Å²) in [5.74, 6) is -0.268. The maximum absolute atomic E-state index is 14.1. The van der Waals surface area contributed by atoms with E-state index < -0.39 is 11.2 Å². The summed E-state index contributed by atoms with van der Waals surface area (Å²) < 4.78 is 14.1. The number of hydrogen-bond donors (Lipinski definition) is 1. The van der Waals surface area contributed by atoms with Gasteiger partial charge in [-0.05, 0) is 38.0 Å². The smallest absolute Gasteiger partial charge is 0.187 e. The highest BCUT2D eigenvalue weighted by Gasteiger charge is 2.19. The van der Waals surface area contributed by atoms with Gasteiger partial charge in [-0.3, -0.25) is 0 Å². The van der Waals surface area contributed by atoms with E-state index in [4.69, 9.17) is 5.26 Å². The number of aryl methyl sites for hydroxylation is 1. The van der Waals surface area contributed by atoms with E-state index in [0.717, 1.165) is 5.56 Å². The number of nitrogens with zero attached hydrogens (tertiary/aromatic N) is 3. The van der Waals surface area contributed by atoms with E-state index >= 15 is 0 Å². The molecule has 0 unspecified atom stereocenters. The minimum Gasteiger partial charge on any atom is -0.338 e. The third-order valence-electron chi connectivity index (χ3n) is 3.35. The molecule has 5 heteroatoms. The molecule has 2 aromatic rings. The van der Waals surface area contributed by atoms with Gasteiger partial charge < -0.3 is 5.32 Å². The van der Waals surface area contributed by atoms with Crippen molar-refractivity contribution in [1.29, 1.82) is 5.26 Å². The summed E-state index contributed by atoms with van der Waals surface area (Å²) in [6, 6.07) is 9.57. The molecule has 0 aliphatic carbocycles. The lowest BCUT2D eigenvalue weighted by atomic mass is 9.86. The van der Waals surface area contributed by atoms with Gasteiger partial charge in [-0.2, -0.15) is 5.26 Å². The molecule has 1 aromatic heterocycles. The van der Waals surface area contributed by atoms with Crippen molar-refractivity contribution in [1.82, 2.24) is 9.97 Å². The zero-order valence-corrected chi connectivity index (χ0v) is 12.3. The van der Waals surface area contributed by atoms with Crippen molar-refractivity contribution in [2.24, 2.45) is 0 Å². The van der Waals surface area contributed by atoms with E-state index in [2.05, 4.69) is 21.4 Å². The Labute approximate surface area is 123 Å². The number of nitriles is 1. The number of benzene rings is 1. The van der Waals surface area contributed by atoms with Crippen LogP contribution < -0.4 is 5.32 Å². The molecule has 0 bridgehead atoms. The summed E-state index contributed by atoms with van der Waals surface area (Å²) in [4.78, 5) is 7.81. The molecule has 0 amide bonds. The average Bonchev–Trinajstić information content (AvgIpc) is 2.50. The summed E-state index contributed by atoms with van der Waals surface area (Å²) in [5, 5.41) is 12.0. The van der Waals surface area contributed by atoms with Gasteiger partial charge >= 0.3 is 0 Å². The van der Waals surface area contributed by atoms with Gasteiger partial charge in [-0.1, -0.05) is 19.1 Å². The fourth-order valence-electron chi connectivity index (χ4n) is 1.91. The minimum absolute atomic E-state index is 0.161. The van der Waals surface area contributed by atoms with Gasteiger partial charge in [0.2, 0.25) is 0 Å². The van der Waals surface area contributed by atoms with Gasteiger partial charge in [0.1, 0.15) is 6.33 Å². The van der Waals surface area contributed by atoms with Crippen molar-refractivity contribution in [2.45, 2.75) is 32.6 Å². The van der Waals surface area contributed by atoms with Crippen LogP contribution in [0.2, 0.25) is 0 Å². The maximum Gasteiger partial charge on any atom is 0.187 e. The van der Waals surface area contributed by atoms with Crippen LogP contribution in [0.4, 0.5) is 15.9 Å². The van der Waals surface area contributed by atoms with E-state index in [1.165, 1.54) is 6.33 Å². The first-order valence-corrected chi connectivity index (χ1v) is 6.76. The molecule has 0 aliphatic heterocycles. The van der Waals surface area contributed by atoms with Crippen LogP contribution in [0.25, 0.3) is 0 Å². The zero-order chi connectivity index (χ0) is 15.5. The molecule has 4 nitrogen and oxygen atoms in total. The van der Waals surface area contributed by atoms with E-state index in [9.17, 15) is 4.39 Å². The molecule has 0 spiro atoms. The van der Waals surface area contributed by atoms with Gasteiger partial charge in [0.05, 0.1) is 17.2 Å². The summed E-state index contributed by atoms with van der Waals surface area (Å²) >= 11 is 0. The van der Waals surface area contributed by atoms with E-state index in [1.54, 1.807) is 0 Å². The lowest BCUT2D eigenvalue weighted by molar-refractivity contribution is 0.598. The largest absolute Gasteiger partial charge is 0.338 e. The normalized spacial score (nSPS) is 11.0. The molecule has 0 saturated carbocycles. The molecule has 0 fully saturated rings. The second-order valence-corrected chi connectivity index (χ2v) is 5.28. The molecular formula is C16H17FN4. The molecule has 1 N–H and O–H groups in total. The first kappa shape index (κ1) is 14.9. The Morgan fingerprint density at radius 3 is 2.48 bits per heavy atom. The Bertz CT molecular complexity index is 672.